The minimum absolute atomic E-state index is 0.267. The van der Waals surface area contributed by atoms with Gasteiger partial charge in [-0.1, -0.05) is 29.8 Å². The highest BCUT2D eigenvalue weighted by Gasteiger charge is 2.13. The van der Waals surface area contributed by atoms with Crippen molar-refractivity contribution < 1.29 is 9.47 Å². The lowest BCUT2D eigenvalue weighted by atomic mass is 9.98. The minimum Gasteiger partial charge on any atom is -0.497 e. The maximum absolute atomic E-state index is 9.29. The second kappa shape index (κ2) is 7.56. The van der Waals surface area contributed by atoms with Crippen LogP contribution < -0.4 is 9.47 Å². The Balaban J connectivity index is 1.92. The lowest BCUT2D eigenvalue weighted by Gasteiger charge is -2.12. The molecule has 0 aromatic heterocycles. The smallest absolute Gasteiger partial charge is 0.119 e. The van der Waals surface area contributed by atoms with Crippen molar-refractivity contribution in [1.82, 2.24) is 0 Å². The second-order valence-corrected chi connectivity index (χ2v) is 4.92. The van der Waals surface area contributed by atoms with Gasteiger partial charge in [0.2, 0.25) is 0 Å². The van der Waals surface area contributed by atoms with Crippen molar-refractivity contribution in [2.24, 2.45) is 0 Å². The predicted octanol–water partition coefficient (Wildman–Crippen LogP) is 4.42. The van der Waals surface area contributed by atoms with Gasteiger partial charge in [-0.3, -0.25) is 0 Å². The maximum Gasteiger partial charge on any atom is 0.119 e. The molecule has 21 heavy (non-hydrogen) atoms. The van der Waals surface area contributed by atoms with E-state index in [-0.39, 0.29) is 5.92 Å². The summed E-state index contributed by atoms with van der Waals surface area (Å²) >= 11 is 6.12. The molecule has 108 valence electrons. The maximum atomic E-state index is 9.29. The highest BCUT2D eigenvalue weighted by atomic mass is 35.5. The molecule has 0 N–H and O–H groups in total. The summed E-state index contributed by atoms with van der Waals surface area (Å²) in [7, 11) is 1.62. The fraction of sp³-hybridized carbons (Fsp3) is 0.235. The molecule has 0 amide bonds. The summed E-state index contributed by atoms with van der Waals surface area (Å²) in [6.45, 7) is 0.454. The van der Waals surface area contributed by atoms with Crippen LogP contribution in [0, 0.1) is 11.3 Å². The van der Waals surface area contributed by atoms with E-state index in [2.05, 4.69) is 6.07 Å². The second-order valence-electron chi connectivity index (χ2n) is 4.52. The molecule has 0 aliphatic carbocycles. The van der Waals surface area contributed by atoms with Crippen molar-refractivity contribution in [3.8, 4) is 17.6 Å². The standard InChI is InChI=1S/C17H16ClNO2/c1-20-14-6-8-15(9-7-14)21-11-10-13(12-19)16-4-2-3-5-17(16)18/h2-9,13H,10-11H2,1H3. The number of hydrogen-bond donors (Lipinski definition) is 0. The summed E-state index contributed by atoms with van der Waals surface area (Å²) in [6, 6.07) is 17.1. The number of methoxy groups -OCH3 is 1. The third kappa shape index (κ3) is 4.14. The number of hydrogen-bond acceptors (Lipinski definition) is 3. The number of nitrogens with zero attached hydrogens (tertiary/aromatic N) is 1. The number of halogens is 1. The molecule has 1 atom stereocenters. The average Bonchev–Trinajstić information content (AvgIpc) is 2.53. The predicted molar refractivity (Wildman–Crippen MR) is 82.9 cm³/mol. The molecule has 0 saturated carbocycles. The molecular weight excluding hydrogens is 286 g/mol. The molecule has 2 aromatic carbocycles. The topological polar surface area (TPSA) is 42.2 Å². The van der Waals surface area contributed by atoms with Gasteiger partial charge in [0.1, 0.15) is 11.5 Å². The van der Waals surface area contributed by atoms with E-state index in [0.29, 0.717) is 18.1 Å². The summed E-state index contributed by atoms with van der Waals surface area (Å²) < 4.78 is 10.7. The van der Waals surface area contributed by atoms with Gasteiger partial charge >= 0.3 is 0 Å². The quantitative estimate of drug-likeness (QED) is 0.793. The molecule has 0 radical (unpaired) electrons. The average molecular weight is 302 g/mol. The molecule has 4 heteroatoms. The normalized spacial score (nSPS) is 11.5. The van der Waals surface area contributed by atoms with E-state index < -0.39 is 0 Å². The lowest BCUT2D eigenvalue weighted by molar-refractivity contribution is 0.305. The van der Waals surface area contributed by atoms with Gasteiger partial charge in [0.25, 0.3) is 0 Å². The van der Waals surface area contributed by atoms with Crippen molar-refractivity contribution in [3.63, 3.8) is 0 Å². The third-order valence-corrected chi connectivity index (χ3v) is 3.52. The van der Waals surface area contributed by atoms with E-state index in [1.165, 1.54) is 0 Å². The summed E-state index contributed by atoms with van der Waals surface area (Å²) in [5, 5.41) is 9.91. The Kier molecular flexibility index (Phi) is 5.48. The SMILES string of the molecule is COc1ccc(OCCC(C#N)c2ccccc2Cl)cc1. The summed E-state index contributed by atoms with van der Waals surface area (Å²) in [5.41, 5.74) is 0.847. The fourth-order valence-corrected chi connectivity index (χ4v) is 2.28. The molecule has 0 aliphatic rings. The van der Waals surface area contributed by atoms with Gasteiger partial charge in [0, 0.05) is 11.4 Å². The van der Waals surface area contributed by atoms with Gasteiger partial charge in [-0.2, -0.15) is 5.26 Å². The molecule has 2 rings (SSSR count). The van der Waals surface area contributed by atoms with Gasteiger partial charge in [0.15, 0.2) is 0 Å². The van der Waals surface area contributed by atoms with Crippen LogP contribution in [0.25, 0.3) is 0 Å². The van der Waals surface area contributed by atoms with Gasteiger partial charge < -0.3 is 9.47 Å². The van der Waals surface area contributed by atoms with Crippen molar-refractivity contribution in [2.45, 2.75) is 12.3 Å². The van der Waals surface area contributed by atoms with Crippen LogP contribution in [-0.2, 0) is 0 Å². The van der Waals surface area contributed by atoms with Crippen molar-refractivity contribution in [2.75, 3.05) is 13.7 Å². The minimum atomic E-state index is -0.267. The third-order valence-electron chi connectivity index (χ3n) is 3.17. The van der Waals surface area contributed by atoms with Crippen molar-refractivity contribution in [1.29, 1.82) is 5.26 Å². The van der Waals surface area contributed by atoms with E-state index in [1.807, 2.05) is 42.5 Å². The molecule has 2 aromatic rings. The highest BCUT2D eigenvalue weighted by molar-refractivity contribution is 6.31. The van der Waals surface area contributed by atoms with Crippen LogP contribution in [-0.4, -0.2) is 13.7 Å². The first kappa shape index (κ1) is 15.2. The van der Waals surface area contributed by atoms with E-state index >= 15 is 0 Å². The Bertz CT molecular complexity index is 619. The number of benzene rings is 2. The zero-order valence-electron chi connectivity index (χ0n) is 11.8. The van der Waals surface area contributed by atoms with E-state index in [1.54, 1.807) is 13.2 Å². The zero-order valence-corrected chi connectivity index (χ0v) is 12.5. The lowest BCUT2D eigenvalue weighted by Crippen LogP contribution is -2.05. The largest absolute Gasteiger partial charge is 0.497 e. The van der Waals surface area contributed by atoms with Crippen molar-refractivity contribution in [3.05, 3.63) is 59.1 Å². The molecule has 0 bridgehead atoms. The van der Waals surface area contributed by atoms with Crippen LogP contribution in [0.4, 0.5) is 0 Å². The Morgan fingerprint density at radius 1 is 1.10 bits per heavy atom. The molecule has 0 aliphatic heterocycles. The highest BCUT2D eigenvalue weighted by Crippen LogP contribution is 2.26. The summed E-state index contributed by atoms with van der Waals surface area (Å²) in [6.07, 6.45) is 0.590. The first-order chi connectivity index (χ1) is 10.2. The van der Waals surface area contributed by atoms with E-state index in [0.717, 1.165) is 17.1 Å². The molecule has 0 fully saturated rings. The molecular formula is C17H16ClNO2. The molecule has 0 saturated heterocycles. The van der Waals surface area contributed by atoms with Crippen LogP contribution in [0.1, 0.15) is 17.9 Å². The molecule has 0 heterocycles. The van der Waals surface area contributed by atoms with Gasteiger partial charge in [-0.25, -0.2) is 0 Å². The number of ether oxygens (including phenoxy) is 2. The van der Waals surface area contributed by atoms with E-state index in [4.69, 9.17) is 21.1 Å². The van der Waals surface area contributed by atoms with Gasteiger partial charge in [0.05, 0.1) is 25.7 Å². The van der Waals surface area contributed by atoms with Gasteiger partial charge in [-0.15, -0.1) is 0 Å². The van der Waals surface area contributed by atoms with Crippen LogP contribution >= 0.6 is 11.6 Å². The van der Waals surface area contributed by atoms with Crippen LogP contribution in [0.5, 0.6) is 11.5 Å². The van der Waals surface area contributed by atoms with Crippen LogP contribution in [0.15, 0.2) is 48.5 Å². The van der Waals surface area contributed by atoms with Crippen LogP contribution in [0.2, 0.25) is 5.02 Å². The van der Waals surface area contributed by atoms with Crippen LogP contribution in [0.3, 0.4) is 0 Å². The fourth-order valence-electron chi connectivity index (χ4n) is 2.01. The Labute approximate surface area is 129 Å². The summed E-state index contributed by atoms with van der Waals surface area (Å²) in [5.74, 6) is 1.27. The Hall–Kier alpha value is -2.18. The molecule has 0 spiro atoms. The van der Waals surface area contributed by atoms with E-state index in [9.17, 15) is 5.26 Å². The first-order valence-corrected chi connectivity index (χ1v) is 7.03. The molecule has 3 nitrogen and oxygen atoms in total. The Morgan fingerprint density at radius 2 is 1.76 bits per heavy atom. The van der Waals surface area contributed by atoms with Gasteiger partial charge in [-0.05, 0) is 35.9 Å². The summed E-state index contributed by atoms with van der Waals surface area (Å²) in [4.78, 5) is 0. The molecule has 1 unspecified atom stereocenters. The van der Waals surface area contributed by atoms with Crippen molar-refractivity contribution >= 4 is 11.6 Å². The number of nitriles is 1. The zero-order chi connectivity index (χ0) is 15.1. The monoisotopic (exact) mass is 301 g/mol. The Morgan fingerprint density at radius 3 is 2.38 bits per heavy atom. The number of rotatable bonds is 6. The first-order valence-electron chi connectivity index (χ1n) is 6.65.